The molecule has 3 heterocycles. The summed E-state index contributed by atoms with van der Waals surface area (Å²) in [5.74, 6) is 1.57. The smallest absolute Gasteiger partial charge is 0.247 e. The zero-order valence-electron chi connectivity index (χ0n) is 11.5. The van der Waals surface area contributed by atoms with Crippen molar-refractivity contribution in [1.29, 1.82) is 0 Å². The summed E-state index contributed by atoms with van der Waals surface area (Å²) in [5.41, 5.74) is 1.53. The summed E-state index contributed by atoms with van der Waals surface area (Å²) in [4.78, 5) is 8.33. The minimum atomic E-state index is 0.461. The monoisotopic (exact) mass is 294 g/mol. The lowest BCUT2D eigenvalue weighted by molar-refractivity contribution is 0.468. The van der Waals surface area contributed by atoms with Crippen molar-refractivity contribution in [2.45, 2.75) is 0 Å². The fraction of sp³-hybridized carbons (Fsp3) is 0.0714. The van der Waals surface area contributed by atoms with Crippen molar-refractivity contribution in [3.8, 4) is 23.1 Å². The van der Waals surface area contributed by atoms with Crippen molar-refractivity contribution in [3.05, 3.63) is 43.2 Å². The molecule has 3 aromatic heterocycles. The second-order valence-corrected chi connectivity index (χ2v) is 4.55. The third kappa shape index (κ3) is 2.06. The molecule has 0 atom stereocenters. The maximum Gasteiger partial charge on any atom is 0.247 e. The van der Waals surface area contributed by atoms with E-state index in [2.05, 4.69) is 25.3 Å². The van der Waals surface area contributed by atoms with E-state index in [0.29, 0.717) is 23.2 Å². The van der Waals surface area contributed by atoms with Crippen molar-refractivity contribution in [3.63, 3.8) is 0 Å². The van der Waals surface area contributed by atoms with Gasteiger partial charge in [0.05, 0.1) is 6.20 Å². The van der Waals surface area contributed by atoms with Crippen molar-refractivity contribution in [2.24, 2.45) is 7.05 Å². The van der Waals surface area contributed by atoms with E-state index in [1.807, 2.05) is 31.3 Å². The SMILES string of the molecule is Cn1ncc2c(Oc3ccc(-c4nnco4)cc3)ncnc21. The lowest BCUT2D eigenvalue weighted by atomic mass is 10.2. The molecule has 108 valence electrons. The first-order valence-electron chi connectivity index (χ1n) is 6.48. The molecule has 0 saturated carbocycles. The standard InChI is InChI=1S/C14H10N6O2/c1-20-12-11(6-18-20)14(16-7-15-12)22-10-4-2-9(3-5-10)13-19-17-8-21-13/h2-8H,1H3. The Balaban J connectivity index is 1.65. The van der Waals surface area contributed by atoms with E-state index in [-0.39, 0.29) is 0 Å². The molecule has 0 aliphatic carbocycles. The molecule has 0 amide bonds. The zero-order chi connectivity index (χ0) is 14.9. The normalized spacial score (nSPS) is 11.0. The first kappa shape index (κ1) is 12.5. The van der Waals surface area contributed by atoms with E-state index in [9.17, 15) is 0 Å². The molecule has 22 heavy (non-hydrogen) atoms. The van der Waals surface area contributed by atoms with E-state index in [1.54, 1.807) is 10.9 Å². The molecule has 0 N–H and O–H groups in total. The number of hydrogen-bond acceptors (Lipinski definition) is 7. The summed E-state index contributed by atoms with van der Waals surface area (Å²) in [6.45, 7) is 0. The topological polar surface area (TPSA) is 91.8 Å². The van der Waals surface area contributed by atoms with Crippen LogP contribution in [0.1, 0.15) is 0 Å². The highest BCUT2D eigenvalue weighted by Crippen LogP contribution is 2.27. The van der Waals surface area contributed by atoms with Crippen LogP contribution in [0.4, 0.5) is 0 Å². The highest BCUT2D eigenvalue weighted by molar-refractivity contribution is 5.79. The van der Waals surface area contributed by atoms with Crippen LogP contribution in [0.2, 0.25) is 0 Å². The molecule has 0 fully saturated rings. The molecule has 0 unspecified atom stereocenters. The molecule has 0 saturated heterocycles. The number of fused-ring (bicyclic) bond motifs is 1. The molecule has 0 aliphatic rings. The van der Waals surface area contributed by atoms with E-state index in [4.69, 9.17) is 9.15 Å². The van der Waals surface area contributed by atoms with Gasteiger partial charge in [0.25, 0.3) is 0 Å². The third-order valence-corrected chi connectivity index (χ3v) is 3.17. The van der Waals surface area contributed by atoms with Gasteiger partial charge in [0.2, 0.25) is 18.2 Å². The second kappa shape index (κ2) is 4.92. The van der Waals surface area contributed by atoms with Crippen molar-refractivity contribution < 1.29 is 9.15 Å². The molecule has 0 bridgehead atoms. The Hall–Kier alpha value is -3.29. The molecule has 4 rings (SSSR count). The third-order valence-electron chi connectivity index (χ3n) is 3.17. The van der Waals surface area contributed by atoms with Crippen LogP contribution in [0, 0.1) is 0 Å². The van der Waals surface area contributed by atoms with E-state index < -0.39 is 0 Å². The van der Waals surface area contributed by atoms with Crippen LogP contribution < -0.4 is 4.74 Å². The Bertz CT molecular complexity index is 914. The van der Waals surface area contributed by atoms with Gasteiger partial charge in [-0.05, 0) is 24.3 Å². The molecule has 0 radical (unpaired) electrons. The Labute approximate surface area is 124 Å². The minimum absolute atomic E-state index is 0.461. The molecular formula is C14H10N6O2. The predicted octanol–water partition coefficient (Wildman–Crippen LogP) is 2.21. The average molecular weight is 294 g/mol. The van der Waals surface area contributed by atoms with Crippen LogP contribution >= 0.6 is 0 Å². The number of benzene rings is 1. The number of hydrogen-bond donors (Lipinski definition) is 0. The maximum absolute atomic E-state index is 5.81. The Morgan fingerprint density at radius 2 is 2.00 bits per heavy atom. The summed E-state index contributed by atoms with van der Waals surface area (Å²) in [6.07, 6.45) is 4.42. The number of rotatable bonds is 3. The minimum Gasteiger partial charge on any atom is -0.438 e. The zero-order valence-corrected chi connectivity index (χ0v) is 11.5. The van der Waals surface area contributed by atoms with Crippen LogP contribution in [0.15, 0.2) is 47.6 Å². The van der Waals surface area contributed by atoms with Gasteiger partial charge >= 0.3 is 0 Å². The Morgan fingerprint density at radius 3 is 2.77 bits per heavy atom. The highest BCUT2D eigenvalue weighted by atomic mass is 16.5. The summed E-state index contributed by atoms with van der Waals surface area (Å²) < 4.78 is 12.6. The van der Waals surface area contributed by atoms with Gasteiger partial charge in [0.1, 0.15) is 17.5 Å². The van der Waals surface area contributed by atoms with Crippen LogP contribution in [-0.4, -0.2) is 29.9 Å². The molecule has 0 spiro atoms. The van der Waals surface area contributed by atoms with Crippen LogP contribution in [-0.2, 0) is 7.05 Å². The van der Waals surface area contributed by atoms with Gasteiger partial charge in [-0.15, -0.1) is 10.2 Å². The molecule has 1 aromatic carbocycles. The maximum atomic E-state index is 5.81. The van der Waals surface area contributed by atoms with E-state index >= 15 is 0 Å². The van der Waals surface area contributed by atoms with E-state index in [1.165, 1.54) is 12.7 Å². The fourth-order valence-corrected chi connectivity index (χ4v) is 2.10. The highest BCUT2D eigenvalue weighted by Gasteiger charge is 2.10. The lowest BCUT2D eigenvalue weighted by Gasteiger charge is -2.05. The molecule has 8 heteroatoms. The van der Waals surface area contributed by atoms with E-state index in [0.717, 1.165) is 10.9 Å². The summed E-state index contributed by atoms with van der Waals surface area (Å²) in [6, 6.07) is 7.29. The molecule has 0 aliphatic heterocycles. The van der Waals surface area contributed by atoms with Crippen LogP contribution in [0.5, 0.6) is 11.6 Å². The van der Waals surface area contributed by atoms with Gasteiger partial charge in [-0.2, -0.15) is 5.10 Å². The number of nitrogens with zero attached hydrogens (tertiary/aromatic N) is 6. The first-order valence-corrected chi connectivity index (χ1v) is 6.48. The van der Waals surface area contributed by atoms with Gasteiger partial charge < -0.3 is 9.15 Å². The summed E-state index contributed by atoms with van der Waals surface area (Å²) in [5, 5.41) is 12.4. The number of aryl methyl sites for hydroxylation is 1. The van der Waals surface area contributed by atoms with Gasteiger partial charge in [-0.3, -0.25) is 4.68 Å². The summed E-state index contributed by atoms with van der Waals surface area (Å²) in [7, 11) is 1.82. The van der Waals surface area contributed by atoms with Crippen molar-refractivity contribution in [1.82, 2.24) is 29.9 Å². The van der Waals surface area contributed by atoms with Gasteiger partial charge in [-0.25, -0.2) is 9.97 Å². The number of aromatic nitrogens is 6. The Kier molecular flexibility index (Phi) is 2.78. The average Bonchev–Trinajstić information content (AvgIpc) is 3.19. The summed E-state index contributed by atoms with van der Waals surface area (Å²) >= 11 is 0. The van der Waals surface area contributed by atoms with Crippen LogP contribution in [0.3, 0.4) is 0 Å². The molecular weight excluding hydrogens is 284 g/mol. The largest absolute Gasteiger partial charge is 0.438 e. The molecule has 8 nitrogen and oxygen atoms in total. The fourth-order valence-electron chi connectivity index (χ4n) is 2.10. The first-order chi connectivity index (χ1) is 10.8. The van der Waals surface area contributed by atoms with Gasteiger partial charge in [0, 0.05) is 12.6 Å². The predicted molar refractivity (Wildman–Crippen MR) is 76.1 cm³/mol. The van der Waals surface area contributed by atoms with Crippen LogP contribution in [0.25, 0.3) is 22.5 Å². The number of ether oxygens (including phenoxy) is 1. The van der Waals surface area contributed by atoms with Crippen molar-refractivity contribution in [2.75, 3.05) is 0 Å². The second-order valence-electron chi connectivity index (χ2n) is 4.55. The lowest BCUT2D eigenvalue weighted by Crippen LogP contribution is -1.94. The van der Waals surface area contributed by atoms with Crippen molar-refractivity contribution >= 4 is 11.0 Å². The van der Waals surface area contributed by atoms with Gasteiger partial charge in [0.15, 0.2) is 5.65 Å². The Morgan fingerprint density at radius 1 is 1.14 bits per heavy atom. The molecule has 4 aromatic rings. The van der Waals surface area contributed by atoms with Gasteiger partial charge in [-0.1, -0.05) is 0 Å². The quantitative estimate of drug-likeness (QED) is 0.572.